The lowest BCUT2D eigenvalue weighted by Gasteiger charge is -2.10. The van der Waals surface area contributed by atoms with Crippen LogP contribution in [0.25, 0.3) is 23.4 Å². The summed E-state index contributed by atoms with van der Waals surface area (Å²) in [6.45, 7) is 0.691. The van der Waals surface area contributed by atoms with E-state index in [0.717, 1.165) is 34.6 Å². The maximum absolute atomic E-state index is 11.9. The Hall–Kier alpha value is -2.66. The van der Waals surface area contributed by atoms with E-state index in [-0.39, 0.29) is 5.91 Å². The Morgan fingerprint density at radius 1 is 1.22 bits per heavy atom. The first-order valence-electron chi connectivity index (χ1n) is 7.48. The van der Waals surface area contributed by atoms with Gasteiger partial charge in [0.1, 0.15) is 0 Å². The second kappa shape index (κ2) is 5.85. The summed E-state index contributed by atoms with van der Waals surface area (Å²) in [5.74, 6) is 0.000575. The van der Waals surface area contributed by atoms with Crippen LogP contribution in [0.4, 0.5) is 0 Å². The van der Waals surface area contributed by atoms with E-state index in [1.807, 2.05) is 30.3 Å². The molecule has 0 saturated heterocycles. The maximum atomic E-state index is 11.9. The lowest BCUT2D eigenvalue weighted by molar-refractivity contribution is 0.0946. The molecule has 4 rings (SSSR count). The minimum atomic E-state index is 0.000575. The number of hydrogen-bond acceptors (Lipinski definition) is 3. The molecule has 0 unspecified atom stereocenters. The SMILES string of the molecule is O=C1NCCc2[nH]c(-c3ccnc(C=Cc4cccs4)c3)cc21. The van der Waals surface area contributed by atoms with Gasteiger partial charge in [-0.05, 0) is 41.8 Å². The number of H-pyrrole nitrogens is 1. The number of carbonyl (C=O) groups is 1. The molecule has 1 aliphatic heterocycles. The number of nitrogens with one attached hydrogen (secondary N) is 2. The second-order valence-electron chi connectivity index (χ2n) is 5.40. The van der Waals surface area contributed by atoms with Crippen molar-refractivity contribution in [2.24, 2.45) is 0 Å². The number of fused-ring (bicyclic) bond motifs is 1. The van der Waals surface area contributed by atoms with E-state index in [9.17, 15) is 4.79 Å². The third-order valence-corrected chi connectivity index (χ3v) is 4.70. The molecule has 0 atom stereocenters. The van der Waals surface area contributed by atoms with Crippen LogP contribution < -0.4 is 5.32 Å². The van der Waals surface area contributed by atoms with Gasteiger partial charge in [0.05, 0.1) is 11.3 Å². The van der Waals surface area contributed by atoms with E-state index in [0.29, 0.717) is 6.54 Å². The molecule has 23 heavy (non-hydrogen) atoms. The van der Waals surface area contributed by atoms with Crippen molar-refractivity contribution < 1.29 is 4.79 Å². The predicted octanol–water partition coefficient (Wildman–Crippen LogP) is 3.59. The molecule has 0 aliphatic carbocycles. The van der Waals surface area contributed by atoms with Crippen molar-refractivity contribution in [3.63, 3.8) is 0 Å². The van der Waals surface area contributed by atoms with Crippen LogP contribution in [-0.2, 0) is 6.42 Å². The van der Waals surface area contributed by atoms with Gasteiger partial charge >= 0.3 is 0 Å². The third kappa shape index (κ3) is 2.83. The number of rotatable bonds is 3. The average Bonchev–Trinajstić information content (AvgIpc) is 3.23. The molecule has 0 fully saturated rings. The van der Waals surface area contributed by atoms with Gasteiger partial charge < -0.3 is 10.3 Å². The highest BCUT2D eigenvalue weighted by molar-refractivity contribution is 7.10. The van der Waals surface area contributed by atoms with Crippen molar-refractivity contribution in [1.29, 1.82) is 0 Å². The maximum Gasteiger partial charge on any atom is 0.253 e. The number of amides is 1. The molecule has 0 bridgehead atoms. The quantitative estimate of drug-likeness (QED) is 0.774. The van der Waals surface area contributed by atoms with Gasteiger partial charge in [0, 0.05) is 41.0 Å². The lowest BCUT2D eigenvalue weighted by atomic mass is 10.1. The summed E-state index contributed by atoms with van der Waals surface area (Å²) in [6.07, 6.45) is 6.70. The Morgan fingerprint density at radius 2 is 2.17 bits per heavy atom. The molecule has 2 N–H and O–H groups in total. The fraction of sp³-hybridized carbons (Fsp3) is 0.111. The van der Waals surface area contributed by atoms with E-state index >= 15 is 0 Å². The fourth-order valence-electron chi connectivity index (χ4n) is 2.71. The van der Waals surface area contributed by atoms with Gasteiger partial charge in [0.2, 0.25) is 0 Å². The first-order chi connectivity index (χ1) is 11.3. The Morgan fingerprint density at radius 3 is 3.00 bits per heavy atom. The van der Waals surface area contributed by atoms with Gasteiger partial charge in [-0.2, -0.15) is 0 Å². The van der Waals surface area contributed by atoms with Gasteiger partial charge in [0.25, 0.3) is 5.91 Å². The molecular formula is C18H15N3OS. The molecule has 0 aromatic carbocycles. The molecule has 5 heteroatoms. The zero-order chi connectivity index (χ0) is 15.6. The number of nitrogens with zero attached hydrogens (tertiary/aromatic N) is 1. The van der Waals surface area contributed by atoms with Crippen LogP contribution in [0.1, 0.15) is 26.6 Å². The van der Waals surface area contributed by atoms with Crippen molar-refractivity contribution in [2.45, 2.75) is 6.42 Å². The molecule has 4 heterocycles. The summed E-state index contributed by atoms with van der Waals surface area (Å²) in [6, 6.07) is 10.0. The molecule has 114 valence electrons. The van der Waals surface area contributed by atoms with Gasteiger partial charge in [-0.15, -0.1) is 11.3 Å². The number of carbonyl (C=O) groups excluding carboxylic acids is 1. The fourth-order valence-corrected chi connectivity index (χ4v) is 3.33. The molecule has 0 saturated carbocycles. The molecule has 1 amide bonds. The number of pyridine rings is 1. The standard InChI is InChI=1S/C18H15N3OS/c22-18-15-11-17(21-16(15)6-8-20-18)12-5-7-19-13(10-12)3-4-14-2-1-9-23-14/h1-5,7,9-11,21H,6,8H2,(H,20,22). The van der Waals surface area contributed by atoms with E-state index in [4.69, 9.17) is 0 Å². The van der Waals surface area contributed by atoms with Gasteiger partial charge in [-0.3, -0.25) is 9.78 Å². The Balaban J connectivity index is 1.65. The van der Waals surface area contributed by atoms with Crippen molar-refractivity contribution in [1.82, 2.24) is 15.3 Å². The number of hydrogen-bond donors (Lipinski definition) is 2. The Kier molecular flexibility index (Phi) is 3.55. The average molecular weight is 321 g/mol. The number of aromatic nitrogens is 2. The van der Waals surface area contributed by atoms with Crippen LogP contribution in [0.3, 0.4) is 0 Å². The highest BCUT2D eigenvalue weighted by atomic mass is 32.1. The molecular weight excluding hydrogens is 306 g/mol. The van der Waals surface area contributed by atoms with Crippen molar-refractivity contribution in [2.75, 3.05) is 6.54 Å². The molecule has 0 spiro atoms. The second-order valence-corrected chi connectivity index (χ2v) is 6.38. The summed E-state index contributed by atoms with van der Waals surface area (Å²) < 4.78 is 0. The minimum absolute atomic E-state index is 0.000575. The molecule has 4 nitrogen and oxygen atoms in total. The summed E-state index contributed by atoms with van der Waals surface area (Å²) in [7, 11) is 0. The van der Waals surface area contributed by atoms with Crippen molar-refractivity contribution in [3.8, 4) is 11.3 Å². The minimum Gasteiger partial charge on any atom is -0.358 e. The molecule has 3 aromatic rings. The summed E-state index contributed by atoms with van der Waals surface area (Å²) in [5.41, 5.74) is 4.65. The zero-order valence-corrected chi connectivity index (χ0v) is 13.2. The summed E-state index contributed by atoms with van der Waals surface area (Å²) in [4.78, 5) is 20.8. The van der Waals surface area contributed by atoms with E-state index in [1.165, 1.54) is 4.88 Å². The number of aromatic amines is 1. The first-order valence-corrected chi connectivity index (χ1v) is 8.36. The van der Waals surface area contributed by atoms with Crippen LogP contribution in [0, 0.1) is 0 Å². The normalized spacial score (nSPS) is 14.0. The van der Waals surface area contributed by atoms with Crippen LogP contribution in [0.15, 0.2) is 41.9 Å². The molecule has 0 radical (unpaired) electrons. The predicted molar refractivity (Wildman–Crippen MR) is 93.3 cm³/mol. The highest BCUT2D eigenvalue weighted by Gasteiger charge is 2.19. The molecule has 3 aromatic heterocycles. The topological polar surface area (TPSA) is 57.8 Å². The van der Waals surface area contributed by atoms with Gasteiger partial charge in [-0.1, -0.05) is 6.07 Å². The lowest BCUT2D eigenvalue weighted by Crippen LogP contribution is -2.31. The van der Waals surface area contributed by atoms with Gasteiger partial charge in [-0.25, -0.2) is 0 Å². The van der Waals surface area contributed by atoms with Crippen molar-refractivity contribution >= 4 is 29.4 Å². The highest BCUT2D eigenvalue weighted by Crippen LogP contribution is 2.24. The largest absolute Gasteiger partial charge is 0.358 e. The number of thiophene rings is 1. The first kappa shape index (κ1) is 14.0. The monoisotopic (exact) mass is 321 g/mol. The van der Waals surface area contributed by atoms with Crippen LogP contribution in [-0.4, -0.2) is 22.4 Å². The van der Waals surface area contributed by atoms with Crippen LogP contribution in [0.5, 0.6) is 0 Å². The third-order valence-electron chi connectivity index (χ3n) is 3.86. The zero-order valence-electron chi connectivity index (χ0n) is 12.4. The summed E-state index contributed by atoms with van der Waals surface area (Å²) in [5, 5.41) is 4.92. The van der Waals surface area contributed by atoms with Crippen LogP contribution in [0.2, 0.25) is 0 Å². The Labute approximate surface area is 137 Å². The van der Waals surface area contributed by atoms with Gasteiger partial charge in [0.15, 0.2) is 0 Å². The molecule has 1 aliphatic rings. The summed E-state index contributed by atoms with van der Waals surface area (Å²) >= 11 is 1.70. The van der Waals surface area contributed by atoms with E-state index in [2.05, 4.69) is 32.8 Å². The smallest absolute Gasteiger partial charge is 0.253 e. The van der Waals surface area contributed by atoms with Crippen LogP contribution >= 0.6 is 11.3 Å². The Bertz CT molecular complexity index is 878. The van der Waals surface area contributed by atoms with E-state index < -0.39 is 0 Å². The van der Waals surface area contributed by atoms with E-state index in [1.54, 1.807) is 17.5 Å². The van der Waals surface area contributed by atoms with Crippen molar-refractivity contribution in [3.05, 3.63) is 63.7 Å².